The van der Waals surface area contributed by atoms with Crippen LogP contribution in [0.25, 0.3) is 0 Å². The van der Waals surface area contributed by atoms with Crippen LogP contribution in [0.1, 0.15) is 36.1 Å². The average molecular weight is 390 g/mol. The van der Waals surface area contributed by atoms with Crippen molar-refractivity contribution in [3.8, 4) is 23.0 Å². The first-order valence-electron chi connectivity index (χ1n) is 10.0. The first-order chi connectivity index (χ1) is 14.3. The zero-order valence-electron chi connectivity index (χ0n) is 16.9. The van der Waals surface area contributed by atoms with Gasteiger partial charge in [0.25, 0.3) is 0 Å². The van der Waals surface area contributed by atoms with Gasteiger partial charge in [-0.1, -0.05) is 36.4 Å². The van der Waals surface area contributed by atoms with Crippen LogP contribution in [0.5, 0.6) is 23.0 Å². The largest absolute Gasteiger partial charge is 0.496 e. The fourth-order valence-corrected chi connectivity index (χ4v) is 3.61. The highest BCUT2D eigenvalue weighted by atomic mass is 16.5. The lowest BCUT2D eigenvalue weighted by atomic mass is 9.96. The minimum Gasteiger partial charge on any atom is -0.496 e. The fourth-order valence-electron chi connectivity index (χ4n) is 3.61. The Morgan fingerprint density at radius 3 is 2.52 bits per heavy atom. The third kappa shape index (κ3) is 4.48. The summed E-state index contributed by atoms with van der Waals surface area (Å²) in [5.41, 5.74) is 3.38. The van der Waals surface area contributed by atoms with Crippen molar-refractivity contribution in [2.24, 2.45) is 0 Å². The molecule has 0 spiro atoms. The summed E-state index contributed by atoms with van der Waals surface area (Å²) < 4.78 is 23.5. The van der Waals surface area contributed by atoms with Crippen molar-refractivity contribution >= 4 is 0 Å². The van der Waals surface area contributed by atoms with E-state index in [9.17, 15) is 0 Å². The van der Waals surface area contributed by atoms with Gasteiger partial charge in [0.15, 0.2) is 0 Å². The molecule has 1 heterocycles. The number of ether oxygens (including phenoxy) is 4. The zero-order valence-corrected chi connectivity index (χ0v) is 16.9. The Balaban J connectivity index is 1.50. The second-order valence-corrected chi connectivity index (χ2v) is 7.03. The van der Waals surface area contributed by atoms with Crippen molar-refractivity contribution in [3.05, 3.63) is 83.4 Å². The SMILES string of the molecule is CCOc1ccc2c(c1)OC(c1ccc(OCc3ccccc3)cc1OC)CC2. The Labute approximate surface area is 172 Å². The van der Waals surface area contributed by atoms with Crippen molar-refractivity contribution in [1.29, 1.82) is 0 Å². The molecule has 0 radical (unpaired) electrons. The monoisotopic (exact) mass is 390 g/mol. The Bertz CT molecular complexity index is 952. The molecule has 0 aromatic heterocycles. The number of fused-ring (bicyclic) bond motifs is 1. The van der Waals surface area contributed by atoms with E-state index in [4.69, 9.17) is 18.9 Å². The summed E-state index contributed by atoms with van der Waals surface area (Å²) >= 11 is 0. The second-order valence-electron chi connectivity index (χ2n) is 7.03. The molecule has 1 atom stereocenters. The van der Waals surface area contributed by atoms with Gasteiger partial charge in [-0.3, -0.25) is 0 Å². The molecule has 1 unspecified atom stereocenters. The average Bonchev–Trinajstić information content (AvgIpc) is 2.78. The van der Waals surface area contributed by atoms with Crippen LogP contribution >= 0.6 is 0 Å². The first kappa shape index (κ1) is 19.2. The Morgan fingerprint density at radius 2 is 1.72 bits per heavy atom. The van der Waals surface area contributed by atoms with E-state index in [1.54, 1.807) is 7.11 Å². The maximum Gasteiger partial charge on any atom is 0.129 e. The highest BCUT2D eigenvalue weighted by Gasteiger charge is 2.25. The van der Waals surface area contributed by atoms with Crippen molar-refractivity contribution in [2.45, 2.75) is 32.5 Å². The van der Waals surface area contributed by atoms with E-state index in [-0.39, 0.29) is 6.10 Å². The summed E-state index contributed by atoms with van der Waals surface area (Å²) in [4.78, 5) is 0. The van der Waals surface area contributed by atoms with Crippen LogP contribution in [0, 0.1) is 0 Å². The lowest BCUT2D eigenvalue weighted by Gasteiger charge is -2.28. The standard InChI is InChI=1S/C25H26O4/c1-3-27-20-11-9-19-10-14-23(29-24(19)15-20)22-13-12-21(16-25(22)26-2)28-17-18-7-5-4-6-8-18/h4-9,11-13,15-16,23H,3,10,14,17H2,1-2H3. The predicted molar refractivity (Wildman–Crippen MR) is 113 cm³/mol. The normalized spacial score (nSPS) is 15.2. The molecule has 0 saturated carbocycles. The van der Waals surface area contributed by atoms with E-state index in [2.05, 4.69) is 18.2 Å². The zero-order chi connectivity index (χ0) is 20.1. The van der Waals surface area contributed by atoms with E-state index < -0.39 is 0 Å². The number of hydrogen-bond donors (Lipinski definition) is 0. The van der Waals surface area contributed by atoms with Gasteiger partial charge in [-0.2, -0.15) is 0 Å². The van der Waals surface area contributed by atoms with E-state index >= 15 is 0 Å². The predicted octanol–water partition coefficient (Wildman–Crippen LogP) is 5.74. The molecular formula is C25H26O4. The van der Waals surface area contributed by atoms with Gasteiger partial charge in [0.1, 0.15) is 35.7 Å². The number of aryl methyl sites for hydroxylation is 1. The Morgan fingerprint density at radius 1 is 0.931 bits per heavy atom. The number of methoxy groups -OCH3 is 1. The van der Waals surface area contributed by atoms with Gasteiger partial charge in [0.05, 0.1) is 13.7 Å². The molecule has 150 valence electrons. The van der Waals surface area contributed by atoms with Crippen LogP contribution < -0.4 is 18.9 Å². The molecule has 29 heavy (non-hydrogen) atoms. The lowest BCUT2D eigenvalue weighted by molar-refractivity contribution is 0.171. The number of rotatable bonds is 7. The van der Waals surface area contributed by atoms with E-state index in [1.807, 2.05) is 55.5 Å². The molecule has 3 aromatic carbocycles. The molecule has 1 aliphatic rings. The van der Waals surface area contributed by atoms with Crippen LogP contribution in [0.4, 0.5) is 0 Å². The molecule has 0 fully saturated rings. The van der Waals surface area contributed by atoms with Crippen LogP contribution in [0.2, 0.25) is 0 Å². The van der Waals surface area contributed by atoms with E-state index in [0.717, 1.165) is 47.0 Å². The third-order valence-corrected chi connectivity index (χ3v) is 5.09. The summed E-state index contributed by atoms with van der Waals surface area (Å²) in [6.07, 6.45) is 1.81. The maximum absolute atomic E-state index is 6.32. The topological polar surface area (TPSA) is 36.9 Å². The molecule has 4 nitrogen and oxygen atoms in total. The minimum absolute atomic E-state index is 0.0579. The molecule has 3 aromatic rings. The van der Waals surface area contributed by atoms with E-state index in [1.165, 1.54) is 5.56 Å². The smallest absolute Gasteiger partial charge is 0.129 e. The quantitative estimate of drug-likeness (QED) is 0.515. The van der Waals surface area contributed by atoms with Crippen molar-refractivity contribution < 1.29 is 18.9 Å². The number of hydrogen-bond acceptors (Lipinski definition) is 4. The van der Waals surface area contributed by atoms with Gasteiger partial charge in [0.2, 0.25) is 0 Å². The number of benzene rings is 3. The molecule has 0 N–H and O–H groups in total. The van der Waals surface area contributed by atoms with Crippen molar-refractivity contribution in [2.75, 3.05) is 13.7 Å². The van der Waals surface area contributed by atoms with Gasteiger partial charge >= 0.3 is 0 Å². The highest BCUT2D eigenvalue weighted by molar-refractivity contribution is 5.46. The molecule has 0 bridgehead atoms. The molecule has 0 amide bonds. The van der Waals surface area contributed by atoms with Gasteiger partial charge in [0, 0.05) is 17.7 Å². The molecular weight excluding hydrogens is 364 g/mol. The molecule has 4 heteroatoms. The Kier molecular flexibility index (Phi) is 5.89. The Hall–Kier alpha value is -3.14. The van der Waals surface area contributed by atoms with Crippen molar-refractivity contribution in [3.63, 3.8) is 0 Å². The minimum atomic E-state index is -0.0579. The van der Waals surface area contributed by atoms with Gasteiger partial charge in [-0.05, 0) is 49.1 Å². The lowest BCUT2D eigenvalue weighted by Crippen LogP contribution is -2.16. The van der Waals surface area contributed by atoms with Gasteiger partial charge < -0.3 is 18.9 Å². The van der Waals surface area contributed by atoms with Gasteiger partial charge in [-0.25, -0.2) is 0 Å². The second kappa shape index (κ2) is 8.91. The summed E-state index contributed by atoms with van der Waals surface area (Å²) in [5.74, 6) is 3.29. The maximum atomic E-state index is 6.32. The molecule has 0 saturated heterocycles. The summed E-state index contributed by atoms with van der Waals surface area (Å²) in [6, 6.07) is 22.2. The first-order valence-corrected chi connectivity index (χ1v) is 10.0. The highest BCUT2D eigenvalue weighted by Crippen LogP contribution is 2.40. The molecule has 4 rings (SSSR count). The summed E-state index contributed by atoms with van der Waals surface area (Å²) in [6.45, 7) is 3.15. The fraction of sp³-hybridized carbons (Fsp3) is 0.280. The van der Waals surface area contributed by atoms with Crippen LogP contribution in [0.15, 0.2) is 66.7 Å². The van der Waals surface area contributed by atoms with Crippen LogP contribution in [-0.4, -0.2) is 13.7 Å². The van der Waals surface area contributed by atoms with Crippen molar-refractivity contribution in [1.82, 2.24) is 0 Å². The van der Waals surface area contributed by atoms with E-state index in [0.29, 0.717) is 13.2 Å². The summed E-state index contributed by atoms with van der Waals surface area (Å²) in [7, 11) is 1.68. The molecule has 1 aliphatic heterocycles. The van der Waals surface area contributed by atoms with Gasteiger partial charge in [-0.15, -0.1) is 0 Å². The third-order valence-electron chi connectivity index (χ3n) is 5.09. The summed E-state index contributed by atoms with van der Waals surface area (Å²) in [5, 5.41) is 0. The molecule has 0 aliphatic carbocycles. The van der Waals surface area contributed by atoms with Crippen LogP contribution in [0.3, 0.4) is 0 Å². The van der Waals surface area contributed by atoms with Crippen LogP contribution in [-0.2, 0) is 13.0 Å².